The van der Waals surface area contributed by atoms with Gasteiger partial charge in [0.25, 0.3) is 0 Å². The second kappa shape index (κ2) is 7.69. The number of carbonyl (C=O) groups is 1. The van der Waals surface area contributed by atoms with E-state index >= 15 is 0 Å². The van der Waals surface area contributed by atoms with E-state index in [1.807, 2.05) is 37.3 Å². The van der Waals surface area contributed by atoms with Gasteiger partial charge in [0.2, 0.25) is 0 Å². The molecule has 1 aliphatic heterocycles. The molecule has 1 saturated heterocycles. The van der Waals surface area contributed by atoms with Crippen LogP contribution in [0.5, 0.6) is 0 Å². The molecule has 0 bridgehead atoms. The highest BCUT2D eigenvalue weighted by Crippen LogP contribution is 2.24. The summed E-state index contributed by atoms with van der Waals surface area (Å²) in [4.78, 5) is 14.0. The van der Waals surface area contributed by atoms with E-state index < -0.39 is 5.41 Å². The molecule has 1 aromatic carbocycles. The van der Waals surface area contributed by atoms with Crippen molar-refractivity contribution in [3.8, 4) is 0 Å². The van der Waals surface area contributed by atoms with Gasteiger partial charge in [-0.2, -0.15) is 0 Å². The molecule has 0 amide bonds. The van der Waals surface area contributed by atoms with E-state index in [0.717, 1.165) is 44.3 Å². The van der Waals surface area contributed by atoms with Crippen LogP contribution in [0, 0.1) is 0 Å². The van der Waals surface area contributed by atoms with Gasteiger partial charge in [0.1, 0.15) is 6.29 Å². The highest BCUT2D eigenvalue weighted by atomic mass is 16.5. The Labute approximate surface area is 126 Å². The molecule has 0 aromatic heterocycles. The molecule has 1 aromatic rings. The lowest BCUT2D eigenvalue weighted by atomic mass is 9.83. The zero-order chi connectivity index (χ0) is 15.1. The van der Waals surface area contributed by atoms with Crippen LogP contribution in [0.3, 0.4) is 0 Å². The fourth-order valence-corrected chi connectivity index (χ4v) is 2.93. The van der Waals surface area contributed by atoms with Gasteiger partial charge in [-0.05, 0) is 25.3 Å². The molecule has 2 rings (SSSR count). The van der Waals surface area contributed by atoms with Crippen LogP contribution in [0.15, 0.2) is 30.3 Å². The molecule has 0 aliphatic carbocycles. The summed E-state index contributed by atoms with van der Waals surface area (Å²) < 4.78 is 5.58. The van der Waals surface area contributed by atoms with Crippen molar-refractivity contribution in [1.82, 2.24) is 4.90 Å². The lowest BCUT2D eigenvalue weighted by molar-refractivity contribution is -0.113. The SMILES string of the molecule is CC(C=O)(CN1CCC(OCCO)CC1)c1ccccc1. The van der Waals surface area contributed by atoms with E-state index in [2.05, 4.69) is 4.90 Å². The molecule has 1 N–H and O–H groups in total. The molecule has 0 spiro atoms. The molecular weight excluding hydrogens is 266 g/mol. The van der Waals surface area contributed by atoms with Crippen LogP contribution in [-0.4, -0.2) is 55.2 Å². The summed E-state index contributed by atoms with van der Waals surface area (Å²) in [7, 11) is 0. The van der Waals surface area contributed by atoms with Crippen molar-refractivity contribution in [2.45, 2.75) is 31.3 Å². The Morgan fingerprint density at radius 3 is 2.57 bits per heavy atom. The van der Waals surface area contributed by atoms with E-state index in [1.54, 1.807) is 0 Å². The molecule has 21 heavy (non-hydrogen) atoms. The first-order valence-electron chi connectivity index (χ1n) is 7.64. The van der Waals surface area contributed by atoms with Crippen LogP contribution in [0.4, 0.5) is 0 Å². The molecule has 0 radical (unpaired) electrons. The molecule has 1 atom stereocenters. The first-order valence-corrected chi connectivity index (χ1v) is 7.64. The van der Waals surface area contributed by atoms with Gasteiger partial charge in [-0.1, -0.05) is 30.3 Å². The maximum Gasteiger partial charge on any atom is 0.131 e. The highest BCUT2D eigenvalue weighted by molar-refractivity contribution is 5.68. The van der Waals surface area contributed by atoms with Crippen molar-refractivity contribution in [2.75, 3.05) is 32.8 Å². The molecule has 4 nitrogen and oxygen atoms in total. The highest BCUT2D eigenvalue weighted by Gasteiger charge is 2.30. The normalized spacial score (nSPS) is 20.1. The topological polar surface area (TPSA) is 49.8 Å². The summed E-state index contributed by atoms with van der Waals surface area (Å²) in [5, 5.41) is 8.79. The smallest absolute Gasteiger partial charge is 0.131 e. The number of rotatable bonds is 7. The molecule has 116 valence electrons. The van der Waals surface area contributed by atoms with Crippen LogP contribution in [0.25, 0.3) is 0 Å². The molecule has 1 unspecified atom stereocenters. The number of nitrogens with zero attached hydrogens (tertiary/aromatic N) is 1. The first kappa shape index (κ1) is 16.1. The Hall–Kier alpha value is -1.23. The number of piperidine rings is 1. The van der Waals surface area contributed by atoms with E-state index in [-0.39, 0.29) is 12.7 Å². The minimum Gasteiger partial charge on any atom is -0.394 e. The summed E-state index contributed by atoms with van der Waals surface area (Å²) in [5.74, 6) is 0. The zero-order valence-corrected chi connectivity index (χ0v) is 12.7. The Bertz CT molecular complexity index is 429. The van der Waals surface area contributed by atoms with Crippen LogP contribution in [0.1, 0.15) is 25.3 Å². The van der Waals surface area contributed by atoms with E-state index in [1.165, 1.54) is 0 Å². The Morgan fingerprint density at radius 2 is 2.00 bits per heavy atom. The molecule has 0 saturated carbocycles. The number of carbonyl (C=O) groups excluding carboxylic acids is 1. The van der Waals surface area contributed by atoms with Crippen molar-refractivity contribution in [3.63, 3.8) is 0 Å². The third-order valence-corrected chi connectivity index (χ3v) is 4.22. The maximum absolute atomic E-state index is 11.6. The van der Waals surface area contributed by atoms with E-state index in [9.17, 15) is 4.79 Å². The number of benzene rings is 1. The quantitative estimate of drug-likeness (QED) is 0.776. The number of hydrogen-bond acceptors (Lipinski definition) is 4. The van der Waals surface area contributed by atoms with Crippen molar-refractivity contribution >= 4 is 6.29 Å². The van der Waals surface area contributed by atoms with Crippen LogP contribution in [-0.2, 0) is 14.9 Å². The Balaban J connectivity index is 1.90. The molecule has 1 fully saturated rings. The van der Waals surface area contributed by atoms with Gasteiger partial charge < -0.3 is 19.5 Å². The van der Waals surface area contributed by atoms with Gasteiger partial charge in [0, 0.05) is 19.6 Å². The van der Waals surface area contributed by atoms with Crippen LogP contribution in [0.2, 0.25) is 0 Å². The van der Waals surface area contributed by atoms with E-state index in [0.29, 0.717) is 6.61 Å². The molecular formula is C17H25NO3. The molecule has 4 heteroatoms. The minimum absolute atomic E-state index is 0.0808. The summed E-state index contributed by atoms with van der Waals surface area (Å²) in [6.07, 6.45) is 3.23. The van der Waals surface area contributed by atoms with Crippen LogP contribution >= 0.6 is 0 Å². The van der Waals surface area contributed by atoms with Crippen LogP contribution < -0.4 is 0 Å². The minimum atomic E-state index is -0.458. The second-order valence-electron chi connectivity index (χ2n) is 5.97. The summed E-state index contributed by atoms with van der Waals surface area (Å²) in [6, 6.07) is 9.97. The van der Waals surface area contributed by atoms with Gasteiger partial charge in [-0.15, -0.1) is 0 Å². The van der Waals surface area contributed by atoms with Gasteiger partial charge >= 0.3 is 0 Å². The number of aliphatic hydroxyl groups excluding tert-OH is 1. The standard InChI is InChI=1S/C17H25NO3/c1-17(14-20,15-5-3-2-4-6-15)13-18-9-7-16(8-10-18)21-12-11-19/h2-6,14,16,19H,7-13H2,1H3. The first-order chi connectivity index (χ1) is 10.2. The summed E-state index contributed by atoms with van der Waals surface area (Å²) in [6.45, 7) is 5.12. The summed E-state index contributed by atoms with van der Waals surface area (Å²) >= 11 is 0. The second-order valence-corrected chi connectivity index (χ2v) is 5.97. The number of aliphatic hydroxyl groups is 1. The lowest BCUT2D eigenvalue weighted by Crippen LogP contribution is -2.45. The van der Waals surface area contributed by atoms with E-state index in [4.69, 9.17) is 9.84 Å². The monoisotopic (exact) mass is 291 g/mol. The number of ether oxygens (including phenoxy) is 1. The molecule has 1 heterocycles. The van der Waals surface area contributed by atoms with Crippen molar-refractivity contribution in [2.24, 2.45) is 0 Å². The average molecular weight is 291 g/mol. The van der Waals surface area contributed by atoms with Crippen molar-refractivity contribution < 1.29 is 14.6 Å². The largest absolute Gasteiger partial charge is 0.394 e. The number of hydrogen-bond donors (Lipinski definition) is 1. The zero-order valence-electron chi connectivity index (χ0n) is 12.7. The van der Waals surface area contributed by atoms with Gasteiger partial charge in [0.05, 0.1) is 24.7 Å². The summed E-state index contributed by atoms with van der Waals surface area (Å²) in [5.41, 5.74) is 0.610. The van der Waals surface area contributed by atoms with Gasteiger partial charge in [-0.3, -0.25) is 0 Å². The third kappa shape index (κ3) is 4.37. The Kier molecular flexibility index (Phi) is 5.91. The van der Waals surface area contributed by atoms with Crippen molar-refractivity contribution in [1.29, 1.82) is 0 Å². The predicted molar refractivity (Wildman–Crippen MR) is 82.4 cm³/mol. The van der Waals surface area contributed by atoms with Crippen molar-refractivity contribution in [3.05, 3.63) is 35.9 Å². The Morgan fingerprint density at radius 1 is 1.33 bits per heavy atom. The molecule has 1 aliphatic rings. The number of likely N-dealkylation sites (tertiary alicyclic amines) is 1. The van der Waals surface area contributed by atoms with Gasteiger partial charge in [0.15, 0.2) is 0 Å². The fraction of sp³-hybridized carbons (Fsp3) is 0.588. The number of aldehydes is 1. The fourth-order valence-electron chi connectivity index (χ4n) is 2.93. The van der Waals surface area contributed by atoms with Gasteiger partial charge in [-0.25, -0.2) is 0 Å². The average Bonchev–Trinajstić information content (AvgIpc) is 2.55. The lowest BCUT2D eigenvalue weighted by Gasteiger charge is -2.36. The maximum atomic E-state index is 11.6. The third-order valence-electron chi connectivity index (χ3n) is 4.22. The predicted octanol–water partition coefficient (Wildman–Crippen LogP) is 1.62.